The van der Waals surface area contributed by atoms with Gasteiger partial charge in [0.05, 0.1) is 11.4 Å². The fourth-order valence-corrected chi connectivity index (χ4v) is 2.89. The minimum atomic E-state index is 0.0498. The molecule has 0 saturated carbocycles. The molecule has 0 aliphatic carbocycles. The maximum absolute atomic E-state index is 4.79. The van der Waals surface area contributed by atoms with Crippen LogP contribution in [0.25, 0.3) is 22.0 Å². The number of fused-ring (bicyclic) bond motifs is 1. The van der Waals surface area contributed by atoms with Crippen LogP contribution in [0.5, 0.6) is 0 Å². The van der Waals surface area contributed by atoms with Crippen LogP contribution in [0.1, 0.15) is 9.43 Å². The molecule has 3 rings (SSSR count). The average molecular weight is 456 g/mol. The van der Waals surface area contributed by atoms with Gasteiger partial charge in [-0.25, -0.2) is 0 Å². The van der Waals surface area contributed by atoms with Gasteiger partial charge in [0.2, 0.25) is 0 Å². The first-order chi connectivity index (χ1) is 9.65. The van der Waals surface area contributed by atoms with Gasteiger partial charge in [-0.05, 0) is 23.6 Å². The Morgan fingerprint density at radius 3 is 2.30 bits per heavy atom. The zero-order chi connectivity index (χ0) is 14.1. The Morgan fingerprint density at radius 2 is 1.60 bits per heavy atom. The van der Waals surface area contributed by atoms with E-state index in [2.05, 4.69) is 84.2 Å². The van der Waals surface area contributed by atoms with Gasteiger partial charge in [0.15, 0.2) is 0 Å². The summed E-state index contributed by atoms with van der Waals surface area (Å²) in [6, 6.07) is 18.7. The third-order valence-electron chi connectivity index (χ3n) is 3.10. The van der Waals surface area contributed by atoms with Gasteiger partial charge in [0.1, 0.15) is 3.74 Å². The summed E-state index contributed by atoms with van der Waals surface area (Å²) in [5, 5.41) is 2.36. The van der Waals surface area contributed by atoms with E-state index < -0.39 is 0 Å². The Morgan fingerprint density at radius 1 is 0.900 bits per heavy atom. The Balaban J connectivity index is 2.29. The molecule has 20 heavy (non-hydrogen) atoms. The molecule has 1 aromatic heterocycles. The van der Waals surface area contributed by atoms with Crippen molar-refractivity contribution in [2.45, 2.75) is 3.74 Å². The van der Waals surface area contributed by atoms with E-state index in [4.69, 9.17) is 4.98 Å². The number of halogens is 3. The number of alkyl halides is 2. The minimum absolute atomic E-state index is 0.0498. The molecule has 0 radical (unpaired) electrons. The predicted octanol–water partition coefficient (Wildman–Crippen LogP) is 6.45. The van der Waals surface area contributed by atoms with Crippen molar-refractivity contribution in [3.8, 4) is 11.3 Å². The third kappa shape index (κ3) is 2.83. The molecular weight excluding hydrogens is 446 g/mol. The van der Waals surface area contributed by atoms with Crippen LogP contribution in [0.15, 0.2) is 59.1 Å². The van der Waals surface area contributed by atoms with E-state index in [-0.39, 0.29) is 3.74 Å². The molecule has 0 aliphatic heterocycles. The quantitative estimate of drug-likeness (QED) is 0.404. The molecule has 0 atom stereocenters. The lowest BCUT2D eigenvalue weighted by Gasteiger charge is -2.10. The lowest BCUT2D eigenvalue weighted by atomic mass is 10.0. The maximum Gasteiger partial charge on any atom is 0.112 e. The molecule has 3 aromatic rings. The highest BCUT2D eigenvalue weighted by Crippen LogP contribution is 2.34. The smallest absolute Gasteiger partial charge is 0.112 e. The van der Waals surface area contributed by atoms with Gasteiger partial charge in [0.25, 0.3) is 0 Å². The molecule has 100 valence electrons. The van der Waals surface area contributed by atoms with E-state index in [9.17, 15) is 0 Å². The monoisotopic (exact) mass is 453 g/mol. The van der Waals surface area contributed by atoms with E-state index >= 15 is 0 Å². The van der Waals surface area contributed by atoms with E-state index in [1.165, 1.54) is 10.8 Å². The standard InChI is InChI=1S/C16H10Br3N/c17-12-7-5-10(6-8-12)15-13-4-2-1-3-11(13)9-14(20-15)16(18)19/h1-9,16H. The van der Waals surface area contributed by atoms with Crippen LogP contribution < -0.4 is 0 Å². The maximum atomic E-state index is 4.79. The summed E-state index contributed by atoms with van der Waals surface area (Å²) in [5.41, 5.74) is 3.10. The Bertz CT molecular complexity index is 751. The van der Waals surface area contributed by atoms with Crippen molar-refractivity contribution < 1.29 is 0 Å². The molecule has 1 nitrogen and oxygen atoms in total. The number of pyridine rings is 1. The van der Waals surface area contributed by atoms with Crippen LogP contribution >= 0.6 is 47.8 Å². The molecule has 2 aromatic carbocycles. The normalized spacial score (nSPS) is 11.2. The molecule has 0 spiro atoms. The van der Waals surface area contributed by atoms with Crippen molar-refractivity contribution in [3.63, 3.8) is 0 Å². The topological polar surface area (TPSA) is 12.9 Å². The molecular formula is C16H10Br3N. The number of hydrogen-bond acceptors (Lipinski definition) is 1. The second-order valence-corrected chi connectivity index (χ2v) is 8.40. The lowest BCUT2D eigenvalue weighted by molar-refractivity contribution is 1.20. The molecule has 4 heteroatoms. The fourth-order valence-electron chi connectivity index (χ4n) is 2.16. The highest BCUT2D eigenvalue weighted by molar-refractivity contribution is 9.24. The van der Waals surface area contributed by atoms with Gasteiger partial charge >= 0.3 is 0 Å². The summed E-state index contributed by atoms with van der Waals surface area (Å²) < 4.78 is 1.12. The van der Waals surface area contributed by atoms with Crippen molar-refractivity contribution in [2.24, 2.45) is 0 Å². The molecule has 0 amide bonds. The van der Waals surface area contributed by atoms with Crippen LogP contribution in [0.3, 0.4) is 0 Å². The number of benzene rings is 2. The molecule has 0 N–H and O–H groups in total. The van der Waals surface area contributed by atoms with E-state index in [0.29, 0.717) is 0 Å². The summed E-state index contributed by atoms with van der Waals surface area (Å²) in [4.78, 5) is 4.79. The predicted molar refractivity (Wildman–Crippen MR) is 95.5 cm³/mol. The molecule has 0 bridgehead atoms. The van der Waals surface area contributed by atoms with Crippen LogP contribution in [0.2, 0.25) is 0 Å². The molecule has 0 saturated heterocycles. The van der Waals surface area contributed by atoms with Crippen molar-refractivity contribution >= 4 is 58.6 Å². The van der Waals surface area contributed by atoms with Crippen molar-refractivity contribution in [1.82, 2.24) is 4.98 Å². The van der Waals surface area contributed by atoms with Gasteiger partial charge in [-0.15, -0.1) is 0 Å². The average Bonchev–Trinajstić information content (AvgIpc) is 2.47. The summed E-state index contributed by atoms with van der Waals surface area (Å²) >= 11 is 10.5. The van der Waals surface area contributed by atoms with E-state index in [1.807, 2.05) is 18.2 Å². The number of aromatic nitrogens is 1. The van der Waals surface area contributed by atoms with Crippen LogP contribution in [0, 0.1) is 0 Å². The first-order valence-corrected chi connectivity index (χ1v) is 8.71. The zero-order valence-corrected chi connectivity index (χ0v) is 15.1. The summed E-state index contributed by atoms with van der Waals surface area (Å²) in [6.07, 6.45) is 0. The summed E-state index contributed by atoms with van der Waals surface area (Å²) in [6.45, 7) is 0. The SMILES string of the molecule is Brc1ccc(-c2nc(C(Br)Br)cc3ccccc23)cc1. The first kappa shape index (κ1) is 14.2. The Hall–Kier alpha value is -0.710. The summed E-state index contributed by atoms with van der Waals surface area (Å²) in [7, 11) is 0. The highest BCUT2D eigenvalue weighted by Gasteiger charge is 2.11. The van der Waals surface area contributed by atoms with Crippen LogP contribution in [0.4, 0.5) is 0 Å². The highest BCUT2D eigenvalue weighted by atomic mass is 79.9. The molecule has 1 heterocycles. The van der Waals surface area contributed by atoms with E-state index in [1.54, 1.807) is 0 Å². The second-order valence-electron chi connectivity index (χ2n) is 4.42. The number of nitrogens with zero attached hydrogens (tertiary/aromatic N) is 1. The van der Waals surface area contributed by atoms with Gasteiger partial charge in [0, 0.05) is 15.4 Å². The third-order valence-corrected chi connectivity index (χ3v) is 4.57. The fraction of sp³-hybridized carbons (Fsp3) is 0.0625. The van der Waals surface area contributed by atoms with Gasteiger partial charge in [-0.2, -0.15) is 0 Å². The van der Waals surface area contributed by atoms with Gasteiger partial charge in [-0.1, -0.05) is 84.2 Å². The van der Waals surface area contributed by atoms with Crippen molar-refractivity contribution in [1.29, 1.82) is 0 Å². The Kier molecular flexibility index (Phi) is 4.24. The summed E-state index contributed by atoms with van der Waals surface area (Å²) in [5.74, 6) is 0. The van der Waals surface area contributed by atoms with Gasteiger partial charge < -0.3 is 0 Å². The molecule has 0 unspecified atom stereocenters. The zero-order valence-electron chi connectivity index (χ0n) is 10.4. The molecule has 0 aliphatic rings. The Labute approximate surface area is 142 Å². The number of hydrogen-bond donors (Lipinski definition) is 0. The minimum Gasteiger partial charge on any atom is -0.250 e. The molecule has 0 fully saturated rings. The van der Waals surface area contributed by atoms with Crippen molar-refractivity contribution in [3.05, 3.63) is 64.8 Å². The van der Waals surface area contributed by atoms with Crippen molar-refractivity contribution in [2.75, 3.05) is 0 Å². The second kappa shape index (κ2) is 5.96. The largest absolute Gasteiger partial charge is 0.250 e. The first-order valence-electron chi connectivity index (χ1n) is 6.09. The van der Waals surface area contributed by atoms with Gasteiger partial charge in [-0.3, -0.25) is 4.98 Å². The van der Waals surface area contributed by atoms with Crippen LogP contribution in [-0.2, 0) is 0 Å². The van der Waals surface area contributed by atoms with Crippen LogP contribution in [-0.4, -0.2) is 4.98 Å². The van der Waals surface area contributed by atoms with E-state index in [0.717, 1.165) is 21.4 Å². The lowest BCUT2D eigenvalue weighted by Crippen LogP contribution is -1.93. The number of rotatable bonds is 2.